The number of aromatic nitrogens is 2. The fourth-order valence-electron chi connectivity index (χ4n) is 2.11. The van der Waals surface area contributed by atoms with Gasteiger partial charge in [0.15, 0.2) is 0 Å². The van der Waals surface area contributed by atoms with Gasteiger partial charge in [0.05, 0.1) is 25.0 Å². The fraction of sp³-hybridized carbons (Fsp3) is 0.188. The van der Waals surface area contributed by atoms with E-state index in [1.807, 2.05) is 41.2 Å². The van der Waals surface area contributed by atoms with E-state index in [1.54, 1.807) is 12.3 Å². The zero-order valence-corrected chi connectivity index (χ0v) is 12.6. The molecule has 0 fully saturated rings. The summed E-state index contributed by atoms with van der Waals surface area (Å²) in [6.45, 7) is 1.15. The first-order valence-electron chi connectivity index (χ1n) is 6.92. The number of nitrogens with zero attached hydrogens (tertiary/aromatic N) is 2. The van der Waals surface area contributed by atoms with Crippen molar-refractivity contribution in [3.05, 3.63) is 70.9 Å². The molecule has 0 unspecified atom stereocenters. The van der Waals surface area contributed by atoms with Gasteiger partial charge in [0.2, 0.25) is 0 Å². The molecule has 3 rings (SSSR count). The van der Waals surface area contributed by atoms with Crippen molar-refractivity contribution in [2.24, 2.45) is 0 Å². The second kappa shape index (κ2) is 6.68. The molecule has 0 aliphatic heterocycles. The second-order valence-corrected chi connectivity index (χ2v) is 5.37. The van der Waals surface area contributed by atoms with Crippen molar-refractivity contribution in [2.75, 3.05) is 5.32 Å². The van der Waals surface area contributed by atoms with Crippen LogP contribution in [0.25, 0.3) is 0 Å². The molecule has 0 radical (unpaired) electrons. The van der Waals surface area contributed by atoms with Crippen molar-refractivity contribution >= 4 is 17.3 Å². The molecule has 6 heteroatoms. The van der Waals surface area contributed by atoms with Crippen LogP contribution in [-0.2, 0) is 19.7 Å². The Balaban J connectivity index is 1.57. The third kappa shape index (κ3) is 3.69. The molecule has 1 aromatic carbocycles. The molecule has 0 bridgehead atoms. The third-order valence-electron chi connectivity index (χ3n) is 3.23. The fourth-order valence-corrected chi connectivity index (χ4v) is 2.24. The third-order valence-corrected chi connectivity index (χ3v) is 3.48. The van der Waals surface area contributed by atoms with Crippen LogP contribution in [0.4, 0.5) is 5.69 Å². The standard InChI is InChI=1S/C16H16ClN3O2/c17-13-3-1-12(2-4-13)9-20-10-14(7-19-20)18-8-15-5-6-16(11-21)22-15/h1-7,10,18,21H,8-9,11H2. The van der Waals surface area contributed by atoms with Crippen molar-refractivity contribution in [3.8, 4) is 0 Å². The summed E-state index contributed by atoms with van der Waals surface area (Å²) in [5.74, 6) is 1.34. The van der Waals surface area contributed by atoms with Crippen LogP contribution >= 0.6 is 11.6 Å². The number of nitrogens with one attached hydrogen (secondary N) is 1. The van der Waals surface area contributed by atoms with Crippen LogP contribution in [-0.4, -0.2) is 14.9 Å². The Morgan fingerprint density at radius 3 is 2.64 bits per heavy atom. The molecular weight excluding hydrogens is 302 g/mol. The number of aliphatic hydroxyl groups excluding tert-OH is 1. The van der Waals surface area contributed by atoms with Gasteiger partial charge in [-0.25, -0.2) is 0 Å². The van der Waals surface area contributed by atoms with Gasteiger partial charge >= 0.3 is 0 Å². The molecule has 0 aliphatic carbocycles. The van der Waals surface area contributed by atoms with Crippen LogP contribution in [0.5, 0.6) is 0 Å². The summed E-state index contributed by atoms with van der Waals surface area (Å²) < 4.78 is 7.27. The maximum absolute atomic E-state index is 8.96. The van der Waals surface area contributed by atoms with Gasteiger partial charge in [-0.2, -0.15) is 5.10 Å². The average molecular weight is 318 g/mol. The predicted octanol–water partition coefficient (Wildman–Crippen LogP) is 3.28. The minimum absolute atomic E-state index is 0.0843. The van der Waals surface area contributed by atoms with E-state index in [9.17, 15) is 0 Å². The lowest BCUT2D eigenvalue weighted by Gasteiger charge is -2.02. The topological polar surface area (TPSA) is 63.2 Å². The lowest BCUT2D eigenvalue weighted by Crippen LogP contribution is -2.00. The van der Waals surface area contributed by atoms with E-state index in [-0.39, 0.29) is 6.61 Å². The molecule has 2 heterocycles. The smallest absolute Gasteiger partial charge is 0.129 e. The predicted molar refractivity (Wildman–Crippen MR) is 84.7 cm³/mol. The van der Waals surface area contributed by atoms with E-state index in [4.69, 9.17) is 21.1 Å². The summed E-state index contributed by atoms with van der Waals surface area (Å²) in [5, 5.41) is 17.2. The Hall–Kier alpha value is -2.24. The average Bonchev–Trinajstić information content (AvgIpc) is 3.16. The van der Waals surface area contributed by atoms with Crippen LogP contribution in [0.1, 0.15) is 17.1 Å². The number of halogens is 1. The van der Waals surface area contributed by atoms with Gasteiger partial charge in [0, 0.05) is 11.2 Å². The van der Waals surface area contributed by atoms with Gasteiger partial charge in [0.1, 0.15) is 18.1 Å². The van der Waals surface area contributed by atoms with Crippen LogP contribution in [0.15, 0.2) is 53.2 Å². The Bertz CT molecular complexity index is 734. The van der Waals surface area contributed by atoms with Crippen LogP contribution in [0, 0.1) is 0 Å². The van der Waals surface area contributed by atoms with Gasteiger partial charge in [0.25, 0.3) is 0 Å². The van der Waals surface area contributed by atoms with Gasteiger partial charge in [-0.3, -0.25) is 4.68 Å². The van der Waals surface area contributed by atoms with E-state index in [2.05, 4.69) is 10.4 Å². The van der Waals surface area contributed by atoms with Crippen molar-refractivity contribution in [1.82, 2.24) is 9.78 Å². The molecule has 114 valence electrons. The van der Waals surface area contributed by atoms with Crippen LogP contribution in [0.2, 0.25) is 5.02 Å². The zero-order valence-electron chi connectivity index (χ0n) is 11.9. The summed E-state index contributed by atoms with van der Waals surface area (Å²) in [7, 11) is 0. The molecule has 0 saturated carbocycles. The van der Waals surface area contributed by atoms with Gasteiger partial charge in [-0.1, -0.05) is 23.7 Å². The summed E-state index contributed by atoms with van der Waals surface area (Å²) in [4.78, 5) is 0. The quantitative estimate of drug-likeness (QED) is 0.732. The lowest BCUT2D eigenvalue weighted by atomic mass is 10.2. The van der Waals surface area contributed by atoms with E-state index in [0.29, 0.717) is 18.8 Å². The molecule has 0 saturated heterocycles. The number of anilines is 1. The highest BCUT2D eigenvalue weighted by molar-refractivity contribution is 6.30. The number of furan rings is 1. The highest BCUT2D eigenvalue weighted by Gasteiger charge is 2.03. The summed E-state index contributed by atoms with van der Waals surface area (Å²) in [6, 6.07) is 11.3. The Labute approximate surface area is 133 Å². The van der Waals surface area contributed by atoms with E-state index < -0.39 is 0 Å². The van der Waals surface area contributed by atoms with E-state index >= 15 is 0 Å². The molecule has 0 atom stereocenters. The molecule has 5 nitrogen and oxygen atoms in total. The number of rotatable bonds is 6. The summed E-state index contributed by atoms with van der Waals surface area (Å²) in [6.07, 6.45) is 3.70. The molecule has 3 aromatic rings. The number of hydrogen-bond acceptors (Lipinski definition) is 4. The first-order chi connectivity index (χ1) is 10.7. The number of benzene rings is 1. The molecule has 0 aliphatic rings. The monoisotopic (exact) mass is 317 g/mol. The minimum atomic E-state index is -0.0843. The maximum atomic E-state index is 8.96. The Kier molecular flexibility index (Phi) is 4.46. The molecule has 2 N–H and O–H groups in total. The van der Waals surface area contributed by atoms with Crippen molar-refractivity contribution in [3.63, 3.8) is 0 Å². The molecule has 2 aromatic heterocycles. The van der Waals surface area contributed by atoms with Crippen molar-refractivity contribution in [1.29, 1.82) is 0 Å². The maximum Gasteiger partial charge on any atom is 0.129 e. The van der Waals surface area contributed by atoms with Gasteiger partial charge in [-0.15, -0.1) is 0 Å². The Morgan fingerprint density at radius 2 is 1.91 bits per heavy atom. The highest BCUT2D eigenvalue weighted by atomic mass is 35.5. The molecule has 22 heavy (non-hydrogen) atoms. The first kappa shape index (κ1) is 14.7. The summed E-state index contributed by atoms with van der Waals surface area (Å²) in [5.41, 5.74) is 2.05. The molecule has 0 amide bonds. The van der Waals surface area contributed by atoms with Crippen LogP contribution < -0.4 is 5.32 Å². The van der Waals surface area contributed by atoms with Gasteiger partial charge in [-0.05, 0) is 29.8 Å². The minimum Gasteiger partial charge on any atom is -0.462 e. The first-order valence-corrected chi connectivity index (χ1v) is 7.30. The SMILES string of the molecule is OCc1ccc(CNc2cnn(Cc3ccc(Cl)cc3)c2)o1. The van der Waals surface area contributed by atoms with Crippen molar-refractivity contribution < 1.29 is 9.52 Å². The largest absolute Gasteiger partial charge is 0.462 e. The molecule has 0 spiro atoms. The van der Waals surface area contributed by atoms with E-state index in [0.717, 1.165) is 22.0 Å². The van der Waals surface area contributed by atoms with Gasteiger partial charge < -0.3 is 14.8 Å². The number of aliphatic hydroxyl groups is 1. The van der Waals surface area contributed by atoms with E-state index in [1.165, 1.54) is 0 Å². The number of hydrogen-bond donors (Lipinski definition) is 2. The lowest BCUT2D eigenvalue weighted by molar-refractivity contribution is 0.244. The van der Waals surface area contributed by atoms with Crippen molar-refractivity contribution in [2.45, 2.75) is 19.7 Å². The zero-order chi connectivity index (χ0) is 15.4. The molecular formula is C16H16ClN3O2. The Morgan fingerprint density at radius 1 is 1.14 bits per heavy atom. The normalized spacial score (nSPS) is 10.8. The summed E-state index contributed by atoms with van der Waals surface area (Å²) >= 11 is 5.87. The highest BCUT2D eigenvalue weighted by Crippen LogP contribution is 2.14. The van der Waals surface area contributed by atoms with Crippen LogP contribution in [0.3, 0.4) is 0 Å². The second-order valence-electron chi connectivity index (χ2n) is 4.93.